The average Bonchev–Trinajstić information content (AvgIpc) is 3.23. The molecule has 6 nitrogen and oxygen atoms in total. The number of aryl methyl sites for hydroxylation is 3. The Bertz CT molecular complexity index is 1190. The number of carbonyl (C=O) groups excluding carboxylic acids is 1. The molecular weight excluding hydrogens is 372 g/mol. The largest absolute Gasteiger partial charge is 0.328 e. The van der Waals surface area contributed by atoms with E-state index in [0.29, 0.717) is 11.7 Å². The minimum Gasteiger partial charge on any atom is -0.295 e. The number of imidazole rings is 1. The molecule has 2 aromatic carbocycles. The van der Waals surface area contributed by atoms with Crippen molar-refractivity contribution < 1.29 is 4.79 Å². The van der Waals surface area contributed by atoms with Crippen LogP contribution in [0.4, 0.5) is 10.8 Å². The highest BCUT2D eigenvalue weighted by Gasteiger charge is 2.21. The van der Waals surface area contributed by atoms with E-state index in [4.69, 9.17) is 0 Å². The molecule has 2 aromatic heterocycles. The van der Waals surface area contributed by atoms with Crippen LogP contribution in [0.25, 0.3) is 11.0 Å². The summed E-state index contributed by atoms with van der Waals surface area (Å²) in [7, 11) is 1.75. The van der Waals surface area contributed by atoms with Crippen LogP contribution >= 0.6 is 11.3 Å². The van der Waals surface area contributed by atoms with Crippen LogP contribution in [0.5, 0.6) is 0 Å². The highest BCUT2D eigenvalue weighted by atomic mass is 32.1. The van der Waals surface area contributed by atoms with Crippen LogP contribution in [-0.4, -0.2) is 20.0 Å². The predicted octanol–water partition coefficient (Wildman–Crippen LogP) is 3.86. The molecule has 28 heavy (non-hydrogen) atoms. The average molecular weight is 392 g/mol. The molecule has 0 aliphatic rings. The van der Waals surface area contributed by atoms with E-state index in [1.54, 1.807) is 21.1 Å². The highest BCUT2D eigenvalue weighted by Crippen LogP contribution is 2.29. The van der Waals surface area contributed by atoms with Crippen LogP contribution < -0.4 is 10.6 Å². The monoisotopic (exact) mass is 392 g/mol. The van der Waals surface area contributed by atoms with Gasteiger partial charge in [-0.25, -0.2) is 9.78 Å². The molecule has 0 spiro atoms. The number of para-hydroxylation sites is 3. The lowest BCUT2D eigenvalue weighted by Gasteiger charge is -2.20. The number of nitrogens with zero attached hydrogens (tertiary/aromatic N) is 4. The molecule has 4 rings (SSSR count). The van der Waals surface area contributed by atoms with Crippen LogP contribution in [0.15, 0.2) is 64.8 Å². The van der Waals surface area contributed by atoms with E-state index >= 15 is 0 Å². The second-order valence-electron chi connectivity index (χ2n) is 6.57. The van der Waals surface area contributed by atoms with Gasteiger partial charge in [0, 0.05) is 25.4 Å². The van der Waals surface area contributed by atoms with Crippen molar-refractivity contribution in [3.63, 3.8) is 0 Å². The van der Waals surface area contributed by atoms with E-state index < -0.39 is 0 Å². The normalized spacial score (nSPS) is 11.1. The molecule has 0 bridgehead atoms. The molecule has 0 aliphatic carbocycles. The number of rotatable bonds is 5. The zero-order valence-electron chi connectivity index (χ0n) is 15.7. The molecule has 0 fully saturated rings. The number of aromatic nitrogens is 3. The van der Waals surface area contributed by atoms with Crippen LogP contribution in [0.1, 0.15) is 12.1 Å². The van der Waals surface area contributed by atoms with Gasteiger partial charge in [0.05, 0.1) is 22.4 Å². The Hall–Kier alpha value is -3.19. The molecule has 2 heterocycles. The number of fused-ring (bicyclic) bond motifs is 1. The zero-order valence-corrected chi connectivity index (χ0v) is 16.5. The maximum atomic E-state index is 13.2. The molecule has 0 N–H and O–H groups in total. The molecular formula is C21H20N4O2S. The molecule has 1 amide bonds. The number of benzene rings is 2. The van der Waals surface area contributed by atoms with E-state index in [2.05, 4.69) is 4.98 Å². The molecule has 142 valence electrons. The van der Waals surface area contributed by atoms with Gasteiger partial charge in [0.25, 0.3) is 0 Å². The van der Waals surface area contributed by atoms with Gasteiger partial charge in [-0.15, -0.1) is 11.3 Å². The molecule has 0 radical (unpaired) electrons. The maximum Gasteiger partial charge on any atom is 0.328 e. The fraction of sp³-hybridized carbons (Fsp3) is 0.190. The minimum atomic E-state index is -0.120. The van der Waals surface area contributed by atoms with E-state index in [-0.39, 0.29) is 18.0 Å². The first-order valence-corrected chi connectivity index (χ1v) is 9.88. The SMILES string of the molecule is Cc1csc(N(C(=O)CCn2c(=O)n(C)c3ccccc32)c2ccccc2)n1. The fourth-order valence-corrected chi connectivity index (χ4v) is 4.12. The van der Waals surface area contributed by atoms with Crippen molar-refractivity contribution in [2.24, 2.45) is 7.05 Å². The quantitative estimate of drug-likeness (QED) is 0.518. The van der Waals surface area contributed by atoms with Crippen molar-refractivity contribution in [2.75, 3.05) is 4.90 Å². The molecule has 7 heteroatoms. The lowest BCUT2D eigenvalue weighted by atomic mass is 10.2. The van der Waals surface area contributed by atoms with Gasteiger partial charge in [0.2, 0.25) is 5.91 Å². The Kier molecular flexibility index (Phi) is 4.83. The summed E-state index contributed by atoms with van der Waals surface area (Å²) in [5, 5.41) is 2.56. The van der Waals surface area contributed by atoms with E-state index in [1.165, 1.54) is 11.3 Å². The van der Waals surface area contributed by atoms with Crippen LogP contribution in [0.2, 0.25) is 0 Å². The maximum absolute atomic E-state index is 13.2. The topological polar surface area (TPSA) is 60.1 Å². The van der Waals surface area contributed by atoms with Gasteiger partial charge in [0.1, 0.15) is 0 Å². The number of hydrogen-bond acceptors (Lipinski definition) is 4. The van der Waals surface area contributed by atoms with Gasteiger partial charge in [-0.05, 0) is 31.2 Å². The number of anilines is 2. The third-order valence-electron chi connectivity index (χ3n) is 4.66. The predicted molar refractivity (Wildman–Crippen MR) is 112 cm³/mol. The number of hydrogen-bond donors (Lipinski definition) is 0. The first-order valence-electron chi connectivity index (χ1n) is 9.00. The van der Waals surface area contributed by atoms with Crippen molar-refractivity contribution >= 4 is 39.1 Å². The summed E-state index contributed by atoms with van der Waals surface area (Å²) < 4.78 is 3.27. The Morgan fingerprint density at radius 3 is 2.43 bits per heavy atom. The fourth-order valence-electron chi connectivity index (χ4n) is 3.28. The third-order valence-corrected chi connectivity index (χ3v) is 5.61. The zero-order chi connectivity index (χ0) is 19.7. The Morgan fingerprint density at radius 2 is 1.75 bits per heavy atom. The lowest BCUT2D eigenvalue weighted by Crippen LogP contribution is -2.29. The summed E-state index contributed by atoms with van der Waals surface area (Å²) in [6.45, 7) is 2.22. The van der Waals surface area contributed by atoms with E-state index in [9.17, 15) is 9.59 Å². The molecule has 0 saturated carbocycles. The molecule has 0 aliphatic heterocycles. The van der Waals surface area contributed by atoms with Crippen molar-refractivity contribution in [3.05, 3.63) is 76.2 Å². The Labute approximate surface area is 166 Å². The lowest BCUT2D eigenvalue weighted by molar-refractivity contribution is -0.118. The number of thiazole rings is 1. The van der Waals surface area contributed by atoms with Gasteiger partial charge >= 0.3 is 5.69 Å². The molecule has 4 aromatic rings. The van der Waals surface area contributed by atoms with Crippen molar-refractivity contribution in [2.45, 2.75) is 19.9 Å². The van der Waals surface area contributed by atoms with Gasteiger partial charge in [-0.3, -0.25) is 18.8 Å². The summed E-state index contributed by atoms with van der Waals surface area (Å²) in [5.74, 6) is -0.0969. The Balaban J connectivity index is 1.65. The van der Waals surface area contributed by atoms with Gasteiger partial charge < -0.3 is 0 Å². The Morgan fingerprint density at radius 1 is 1.07 bits per heavy atom. The van der Waals surface area contributed by atoms with Gasteiger partial charge in [-0.1, -0.05) is 30.3 Å². The van der Waals surface area contributed by atoms with Crippen molar-refractivity contribution in [3.8, 4) is 0 Å². The van der Waals surface area contributed by atoms with Gasteiger partial charge in [-0.2, -0.15) is 0 Å². The van der Waals surface area contributed by atoms with E-state index in [1.807, 2.05) is 66.9 Å². The van der Waals surface area contributed by atoms with Gasteiger partial charge in [0.15, 0.2) is 5.13 Å². The van der Waals surface area contributed by atoms with Crippen molar-refractivity contribution in [1.29, 1.82) is 0 Å². The summed E-state index contributed by atoms with van der Waals surface area (Å²) in [4.78, 5) is 31.9. The number of amides is 1. The van der Waals surface area contributed by atoms with Crippen molar-refractivity contribution in [1.82, 2.24) is 14.1 Å². The minimum absolute atomic E-state index is 0.0969. The third kappa shape index (κ3) is 3.25. The van der Waals surface area contributed by atoms with Crippen LogP contribution in [-0.2, 0) is 18.4 Å². The van der Waals surface area contributed by atoms with E-state index in [0.717, 1.165) is 22.4 Å². The highest BCUT2D eigenvalue weighted by molar-refractivity contribution is 7.14. The first kappa shape index (κ1) is 18.2. The summed E-state index contributed by atoms with van der Waals surface area (Å²) in [6.07, 6.45) is 0.196. The second kappa shape index (κ2) is 7.44. The molecule has 0 atom stereocenters. The smallest absolute Gasteiger partial charge is 0.295 e. The van der Waals surface area contributed by atoms with Crippen LogP contribution in [0, 0.1) is 6.92 Å². The summed E-state index contributed by atoms with van der Waals surface area (Å²) in [5.41, 5.74) is 3.21. The molecule has 0 unspecified atom stereocenters. The summed E-state index contributed by atoms with van der Waals surface area (Å²) in [6, 6.07) is 17.1. The standard InChI is InChI=1S/C21H20N4O2S/c1-15-14-28-20(22-15)25(16-8-4-3-5-9-16)19(26)12-13-24-18-11-7-6-10-17(18)23(2)21(24)27/h3-11,14H,12-13H2,1-2H3. The summed E-state index contributed by atoms with van der Waals surface area (Å²) >= 11 is 1.43. The van der Waals surface area contributed by atoms with Crippen LogP contribution in [0.3, 0.4) is 0 Å². The first-order chi connectivity index (χ1) is 13.6. The number of carbonyl (C=O) groups is 1. The second-order valence-corrected chi connectivity index (χ2v) is 7.40. The molecule has 0 saturated heterocycles.